The molecule has 1 aromatic carbocycles. The quantitative estimate of drug-likeness (QED) is 0.428. The molecule has 3 aromatic heterocycles. The summed E-state index contributed by atoms with van der Waals surface area (Å²) in [6.45, 7) is 3.59. The van der Waals surface area contributed by atoms with E-state index in [0.717, 1.165) is 9.54 Å². The van der Waals surface area contributed by atoms with Crippen molar-refractivity contribution in [1.82, 2.24) is 14.1 Å². The van der Waals surface area contributed by atoms with Gasteiger partial charge in [0, 0.05) is 34.5 Å². The van der Waals surface area contributed by atoms with E-state index in [1.54, 1.807) is 44.3 Å². The molecule has 1 fully saturated rings. The lowest BCUT2D eigenvalue weighted by Crippen LogP contribution is -2.27. The molecule has 4 aromatic rings. The third kappa shape index (κ3) is 4.17. The highest BCUT2D eigenvalue weighted by atomic mass is 32.2. The van der Waals surface area contributed by atoms with Crippen molar-refractivity contribution in [2.24, 2.45) is 5.92 Å². The van der Waals surface area contributed by atoms with Crippen molar-refractivity contribution in [2.75, 3.05) is 11.5 Å². The molecule has 0 radical (unpaired) electrons. The molecule has 184 valence electrons. The summed E-state index contributed by atoms with van der Waals surface area (Å²) in [5, 5.41) is 15.8. The van der Waals surface area contributed by atoms with Gasteiger partial charge in [-0.1, -0.05) is 23.4 Å². The fourth-order valence-electron chi connectivity index (χ4n) is 4.74. The highest BCUT2D eigenvalue weighted by molar-refractivity contribution is 7.91. The lowest BCUT2D eigenvalue weighted by atomic mass is 9.90. The number of aliphatic hydroxyl groups excluding tert-OH is 1. The topological polar surface area (TPSA) is 132 Å². The van der Waals surface area contributed by atoms with Gasteiger partial charge in [0.25, 0.3) is 10.0 Å². The summed E-state index contributed by atoms with van der Waals surface area (Å²) in [7, 11) is -7.11. The number of hydrogen-bond donors (Lipinski definition) is 1. The zero-order valence-electron chi connectivity index (χ0n) is 19.2. The van der Waals surface area contributed by atoms with Crippen LogP contribution in [0.1, 0.15) is 36.0 Å². The standard InChI is InChI=1S/C24H25N3O6S2/c1-15-22(16(2)33-26-15)18-12-20-21(23(28)17-8-10-34(29,30)11-9-17)14-27(24(20)25-13-18)35(31,32)19-6-4-3-5-7-19/h3-7,12-14,17,23,28H,8-11H2,1-2H3. The number of sulfone groups is 1. The molecule has 0 spiro atoms. The van der Waals surface area contributed by atoms with Crippen molar-refractivity contribution >= 4 is 30.9 Å². The molecule has 0 bridgehead atoms. The molecule has 1 unspecified atom stereocenters. The first-order valence-corrected chi connectivity index (χ1v) is 14.5. The third-order valence-corrected chi connectivity index (χ3v) is 10.0. The van der Waals surface area contributed by atoms with E-state index in [9.17, 15) is 21.9 Å². The Morgan fingerprint density at radius 2 is 1.83 bits per heavy atom. The van der Waals surface area contributed by atoms with Gasteiger partial charge in [-0.3, -0.25) is 0 Å². The van der Waals surface area contributed by atoms with Gasteiger partial charge in [-0.05, 0) is 50.8 Å². The van der Waals surface area contributed by atoms with Crippen LogP contribution >= 0.6 is 0 Å². The molecule has 1 N–H and O–H groups in total. The molecular weight excluding hydrogens is 490 g/mol. The van der Waals surface area contributed by atoms with Gasteiger partial charge in [0.2, 0.25) is 0 Å². The van der Waals surface area contributed by atoms with E-state index < -0.39 is 26.0 Å². The van der Waals surface area contributed by atoms with Crippen LogP contribution in [0.25, 0.3) is 22.2 Å². The molecule has 0 aliphatic carbocycles. The van der Waals surface area contributed by atoms with E-state index in [0.29, 0.717) is 40.8 Å². The van der Waals surface area contributed by atoms with Crippen LogP contribution in [0, 0.1) is 19.8 Å². The van der Waals surface area contributed by atoms with Gasteiger partial charge in [-0.25, -0.2) is 25.8 Å². The van der Waals surface area contributed by atoms with E-state index in [4.69, 9.17) is 4.52 Å². The van der Waals surface area contributed by atoms with E-state index in [1.165, 1.54) is 18.3 Å². The summed E-state index contributed by atoms with van der Waals surface area (Å²) in [6.07, 6.45) is 2.53. The van der Waals surface area contributed by atoms with Gasteiger partial charge >= 0.3 is 0 Å². The zero-order valence-corrected chi connectivity index (χ0v) is 20.9. The Morgan fingerprint density at radius 3 is 2.46 bits per heavy atom. The van der Waals surface area contributed by atoms with Crippen molar-refractivity contribution in [3.63, 3.8) is 0 Å². The summed E-state index contributed by atoms with van der Waals surface area (Å²) in [4.78, 5) is 4.59. The van der Waals surface area contributed by atoms with Gasteiger partial charge in [0.1, 0.15) is 15.6 Å². The molecule has 35 heavy (non-hydrogen) atoms. The smallest absolute Gasteiger partial charge is 0.269 e. The molecule has 1 aliphatic rings. The first-order valence-electron chi connectivity index (χ1n) is 11.2. The number of hydrogen-bond acceptors (Lipinski definition) is 8. The minimum atomic E-state index is -3.99. The Bertz CT molecular complexity index is 1590. The van der Waals surface area contributed by atoms with Gasteiger partial charge in [-0.15, -0.1) is 0 Å². The second kappa shape index (κ2) is 8.58. The minimum absolute atomic E-state index is 0.00173. The SMILES string of the molecule is Cc1noc(C)c1-c1cnc2c(c1)c(C(O)C1CCS(=O)(=O)CC1)cn2S(=O)(=O)c1ccccc1. The van der Waals surface area contributed by atoms with Crippen LogP contribution in [0.4, 0.5) is 0 Å². The summed E-state index contributed by atoms with van der Waals surface area (Å²) >= 11 is 0. The van der Waals surface area contributed by atoms with Gasteiger partial charge in [0.15, 0.2) is 5.65 Å². The van der Waals surface area contributed by atoms with Crippen molar-refractivity contribution in [2.45, 2.75) is 37.7 Å². The Hall–Kier alpha value is -3.02. The van der Waals surface area contributed by atoms with Gasteiger partial charge in [0.05, 0.1) is 28.2 Å². The molecule has 1 saturated heterocycles. The van der Waals surface area contributed by atoms with E-state index in [1.807, 2.05) is 0 Å². The number of aromatic nitrogens is 3. The first-order chi connectivity index (χ1) is 16.6. The summed E-state index contributed by atoms with van der Waals surface area (Å²) in [6, 6.07) is 9.79. The van der Waals surface area contributed by atoms with Crippen molar-refractivity contribution in [3.05, 3.63) is 65.8 Å². The van der Waals surface area contributed by atoms with E-state index >= 15 is 0 Å². The molecule has 1 atom stereocenters. The predicted molar refractivity (Wildman–Crippen MR) is 130 cm³/mol. The molecule has 9 nitrogen and oxygen atoms in total. The monoisotopic (exact) mass is 515 g/mol. The molecule has 11 heteroatoms. The molecule has 0 saturated carbocycles. The van der Waals surface area contributed by atoms with Crippen LogP contribution in [0.15, 0.2) is 58.2 Å². The third-order valence-electron chi connectivity index (χ3n) is 6.63. The highest BCUT2D eigenvalue weighted by Crippen LogP contribution is 2.38. The highest BCUT2D eigenvalue weighted by Gasteiger charge is 2.33. The fourth-order valence-corrected chi connectivity index (χ4v) is 7.62. The molecular formula is C24H25N3O6S2. The summed E-state index contributed by atoms with van der Waals surface area (Å²) in [5.41, 5.74) is 2.68. The van der Waals surface area contributed by atoms with Gasteiger partial charge in [-0.2, -0.15) is 0 Å². The molecule has 5 rings (SSSR count). The molecule has 0 amide bonds. The lowest BCUT2D eigenvalue weighted by molar-refractivity contribution is 0.103. The maximum absolute atomic E-state index is 13.5. The average Bonchev–Trinajstić information content (AvgIpc) is 3.38. The molecule has 4 heterocycles. The Kier molecular flexibility index (Phi) is 5.81. The van der Waals surface area contributed by atoms with Gasteiger partial charge < -0.3 is 9.63 Å². The summed E-state index contributed by atoms with van der Waals surface area (Å²) < 4.78 is 57.2. The maximum atomic E-state index is 13.5. The Balaban J connectivity index is 1.69. The number of rotatable bonds is 5. The number of fused-ring (bicyclic) bond motifs is 1. The van der Waals surface area contributed by atoms with Crippen LogP contribution in [0.3, 0.4) is 0 Å². The van der Waals surface area contributed by atoms with Crippen LogP contribution < -0.4 is 0 Å². The van der Waals surface area contributed by atoms with Crippen LogP contribution in [-0.4, -0.2) is 47.6 Å². The second-order valence-electron chi connectivity index (χ2n) is 8.93. The maximum Gasteiger partial charge on any atom is 0.269 e. The minimum Gasteiger partial charge on any atom is -0.388 e. The summed E-state index contributed by atoms with van der Waals surface area (Å²) in [5.74, 6) is 0.274. The Labute approximate surface area is 203 Å². The predicted octanol–water partition coefficient (Wildman–Crippen LogP) is 3.40. The number of nitrogens with zero attached hydrogens (tertiary/aromatic N) is 3. The molecule has 1 aliphatic heterocycles. The van der Waals surface area contributed by atoms with Crippen molar-refractivity contribution < 1.29 is 26.5 Å². The Morgan fingerprint density at radius 1 is 1.14 bits per heavy atom. The normalized spacial score (nSPS) is 17.6. The number of benzene rings is 1. The second-order valence-corrected chi connectivity index (χ2v) is 13.0. The zero-order chi connectivity index (χ0) is 25.0. The van der Waals surface area contributed by atoms with Crippen molar-refractivity contribution in [3.8, 4) is 11.1 Å². The first kappa shape index (κ1) is 23.7. The van der Waals surface area contributed by atoms with E-state index in [-0.39, 0.29) is 28.0 Å². The van der Waals surface area contributed by atoms with E-state index in [2.05, 4.69) is 10.1 Å². The van der Waals surface area contributed by atoms with Crippen LogP contribution in [0.5, 0.6) is 0 Å². The average molecular weight is 516 g/mol. The lowest BCUT2D eigenvalue weighted by Gasteiger charge is -2.26. The number of aliphatic hydroxyl groups is 1. The van der Waals surface area contributed by atoms with Crippen LogP contribution in [0.2, 0.25) is 0 Å². The number of aryl methyl sites for hydroxylation is 2. The van der Waals surface area contributed by atoms with Crippen molar-refractivity contribution in [1.29, 1.82) is 0 Å². The van der Waals surface area contributed by atoms with Crippen LogP contribution in [-0.2, 0) is 19.9 Å². The fraction of sp³-hybridized carbons (Fsp3) is 0.333. The number of pyridine rings is 1. The largest absolute Gasteiger partial charge is 0.388 e.